The van der Waals surface area contributed by atoms with Crippen LogP contribution in [0.2, 0.25) is 0 Å². The third-order valence-corrected chi connectivity index (χ3v) is 4.85. The fourth-order valence-corrected chi connectivity index (χ4v) is 4.02. The van der Waals surface area contributed by atoms with Crippen molar-refractivity contribution in [3.63, 3.8) is 0 Å². The zero-order chi connectivity index (χ0) is 15.0. The molecule has 2 aromatic carbocycles. The molecule has 2 unspecified atom stereocenters. The highest BCUT2D eigenvalue weighted by atomic mass is 15.2. The first-order chi connectivity index (χ1) is 10.0. The number of anilines is 1. The number of nitrogens with zero attached hydrogens (tertiary/aromatic N) is 1. The first kappa shape index (κ1) is 14.2. The summed E-state index contributed by atoms with van der Waals surface area (Å²) in [6.07, 6.45) is 1.20. The smallest absolute Gasteiger partial charge is 0.0519 e. The summed E-state index contributed by atoms with van der Waals surface area (Å²) in [5.74, 6) is 0.621. The van der Waals surface area contributed by atoms with E-state index in [1.54, 1.807) is 0 Å². The standard InChI is InChI=1S/C20H25N/c1-15-14-20(3,4)21(19-13-9-8-12-18(15)19)16(2)17-10-6-5-7-11-17/h5-13,15-16H,14H2,1-4H3. The Morgan fingerprint density at radius 3 is 2.33 bits per heavy atom. The van der Waals surface area contributed by atoms with E-state index >= 15 is 0 Å². The van der Waals surface area contributed by atoms with Gasteiger partial charge in [0.05, 0.1) is 6.04 Å². The van der Waals surface area contributed by atoms with Crippen molar-refractivity contribution in [1.29, 1.82) is 0 Å². The maximum Gasteiger partial charge on any atom is 0.0519 e. The van der Waals surface area contributed by atoms with Crippen molar-refractivity contribution in [3.8, 4) is 0 Å². The molecule has 3 rings (SSSR count). The van der Waals surface area contributed by atoms with Crippen molar-refractivity contribution >= 4 is 5.69 Å². The van der Waals surface area contributed by atoms with Gasteiger partial charge in [0.25, 0.3) is 0 Å². The average molecular weight is 279 g/mol. The zero-order valence-electron chi connectivity index (χ0n) is 13.5. The molecule has 1 aliphatic rings. The van der Waals surface area contributed by atoms with Gasteiger partial charge in [-0.05, 0) is 50.3 Å². The van der Waals surface area contributed by atoms with E-state index in [9.17, 15) is 0 Å². The number of rotatable bonds is 2. The van der Waals surface area contributed by atoms with Gasteiger partial charge in [-0.15, -0.1) is 0 Å². The van der Waals surface area contributed by atoms with Gasteiger partial charge in [-0.25, -0.2) is 0 Å². The molecule has 1 nitrogen and oxygen atoms in total. The summed E-state index contributed by atoms with van der Waals surface area (Å²) in [4.78, 5) is 2.61. The summed E-state index contributed by atoms with van der Waals surface area (Å²) in [5.41, 5.74) is 4.44. The van der Waals surface area contributed by atoms with E-state index in [1.165, 1.54) is 23.2 Å². The summed E-state index contributed by atoms with van der Waals surface area (Å²) < 4.78 is 0. The average Bonchev–Trinajstić information content (AvgIpc) is 2.47. The predicted octanol–water partition coefficient (Wildman–Crippen LogP) is 5.54. The molecule has 0 aromatic heterocycles. The van der Waals surface area contributed by atoms with Crippen LogP contribution >= 0.6 is 0 Å². The minimum Gasteiger partial charge on any atom is -0.359 e. The molecular formula is C20H25N. The van der Waals surface area contributed by atoms with Gasteiger partial charge in [0.15, 0.2) is 0 Å². The lowest BCUT2D eigenvalue weighted by atomic mass is 9.78. The van der Waals surface area contributed by atoms with E-state index in [-0.39, 0.29) is 5.54 Å². The van der Waals surface area contributed by atoms with Crippen LogP contribution in [0.5, 0.6) is 0 Å². The highest BCUT2D eigenvalue weighted by Crippen LogP contribution is 2.46. The van der Waals surface area contributed by atoms with Gasteiger partial charge in [0.2, 0.25) is 0 Å². The molecule has 1 aliphatic heterocycles. The molecule has 0 aliphatic carbocycles. The Kier molecular flexibility index (Phi) is 3.52. The number of benzene rings is 2. The van der Waals surface area contributed by atoms with Gasteiger partial charge in [-0.3, -0.25) is 0 Å². The Labute approximate surface area is 128 Å². The summed E-state index contributed by atoms with van der Waals surface area (Å²) >= 11 is 0. The first-order valence-corrected chi connectivity index (χ1v) is 7.94. The second kappa shape index (κ2) is 5.22. The lowest BCUT2D eigenvalue weighted by Gasteiger charge is -2.50. The second-order valence-electron chi connectivity index (χ2n) is 6.93. The monoisotopic (exact) mass is 279 g/mol. The van der Waals surface area contributed by atoms with Crippen LogP contribution in [0.4, 0.5) is 5.69 Å². The minimum absolute atomic E-state index is 0.170. The van der Waals surface area contributed by atoms with Crippen LogP contribution in [0.3, 0.4) is 0 Å². The first-order valence-electron chi connectivity index (χ1n) is 7.94. The lowest BCUT2D eigenvalue weighted by molar-refractivity contribution is 0.351. The fraction of sp³-hybridized carbons (Fsp3) is 0.400. The van der Waals surface area contributed by atoms with Crippen LogP contribution in [-0.2, 0) is 0 Å². The van der Waals surface area contributed by atoms with E-state index in [2.05, 4.69) is 87.2 Å². The third-order valence-electron chi connectivity index (χ3n) is 4.85. The predicted molar refractivity (Wildman–Crippen MR) is 90.9 cm³/mol. The Hall–Kier alpha value is -1.76. The molecule has 1 heterocycles. The number of para-hydroxylation sites is 1. The number of hydrogen-bond acceptors (Lipinski definition) is 1. The van der Waals surface area contributed by atoms with E-state index < -0.39 is 0 Å². The largest absolute Gasteiger partial charge is 0.359 e. The SMILES string of the molecule is CC1CC(C)(C)N(C(C)c2ccccc2)c2ccccc21. The van der Waals surface area contributed by atoms with E-state index in [0.717, 1.165) is 0 Å². The molecule has 1 heteroatoms. The molecule has 0 fully saturated rings. The van der Waals surface area contributed by atoms with Crippen LogP contribution < -0.4 is 4.90 Å². The molecule has 2 aromatic rings. The quantitative estimate of drug-likeness (QED) is 0.697. The summed E-state index contributed by atoms with van der Waals surface area (Å²) in [6, 6.07) is 20.1. The van der Waals surface area contributed by atoms with Gasteiger partial charge in [0.1, 0.15) is 0 Å². The van der Waals surface area contributed by atoms with E-state index in [4.69, 9.17) is 0 Å². The van der Waals surface area contributed by atoms with Crippen molar-refractivity contribution < 1.29 is 0 Å². The van der Waals surface area contributed by atoms with Crippen LogP contribution in [-0.4, -0.2) is 5.54 Å². The zero-order valence-corrected chi connectivity index (χ0v) is 13.5. The molecular weight excluding hydrogens is 254 g/mol. The molecule has 2 atom stereocenters. The molecule has 0 saturated carbocycles. The maximum atomic E-state index is 2.61. The van der Waals surface area contributed by atoms with Crippen LogP contribution in [0.1, 0.15) is 57.2 Å². The van der Waals surface area contributed by atoms with Gasteiger partial charge in [0, 0.05) is 11.2 Å². The van der Waals surface area contributed by atoms with Crippen molar-refractivity contribution in [2.45, 2.75) is 51.6 Å². The molecule has 0 saturated heterocycles. The third kappa shape index (κ3) is 2.46. The Balaban J connectivity index is 2.09. The van der Waals surface area contributed by atoms with Crippen molar-refractivity contribution in [2.24, 2.45) is 0 Å². The van der Waals surface area contributed by atoms with Crippen molar-refractivity contribution in [1.82, 2.24) is 0 Å². The van der Waals surface area contributed by atoms with Gasteiger partial charge in [-0.1, -0.05) is 55.5 Å². The lowest BCUT2D eigenvalue weighted by Crippen LogP contribution is -2.49. The normalized spacial score (nSPS) is 21.7. The Morgan fingerprint density at radius 2 is 1.62 bits per heavy atom. The summed E-state index contributed by atoms with van der Waals surface area (Å²) in [7, 11) is 0. The topological polar surface area (TPSA) is 3.24 Å². The molecule has 0 N–H and O–H groups in total. The minimum atomic E-state index is 0.170. The van der Waals surface area contributed by atoms with Crippen LogP contribution in [0.15, 0.2) is 54.6 Å². The van der Waals surface area contributed by atoms with Gasteiger partial charge in [-0.2, -0.15) is 0 Å². The Morgan fingerprint density at radius 1 is 1.00 bits per heavy atom. The van der Waals surface area contributed by atoms with Gasteiger partial charge < -0.3 is 4.90 Å². The summed E-state index contributed by atoms with van der Waals surface area (Å²) in [5, 5.41) is 0. The number of hydrogen-bond donors (Lipinski definition) is 0. The Bertz CT molecular complexity index is 615. The highest BCUT2D eigenvalue weighted by molar-refractivity contribution is 5.61. The number of fused-ring (bicyclic) bond motifs is 1. The van der Waals surface area contributed by atoms with Crippen LogP contribution in [0, 0.1) is 0 Å². The van der Waals surface area contributed by atoms with E-state index in [0.29, 0.717) is 12.0 Å². The van der Waals surface area contributed by atoms with Crippen LogP contribution in [0.25, 0.3) is 0 Å². The van der Waals surface area contributed by atoms with E-state index in [1.807, 2.05) is 0 Å². The van der Waals surface area contributed by atoms with Crippen molar-refractivity contribution in [3.05, 3.63) is 65.7 Å². The maximum absolute atomic E-state index is 2.61. The molecule has 21 heavy (non-hydrogen) atoms. The molecule has 0 amide bonds. The highest BCUT2D eigenvalue weighted by Gasteiger charge is 2.38. The summed E-state index contributed by atoms with van der Waals surface area (Å²) in [6.45, 7) is 9.42. The molecule has 0 bridgehead atoms. The molecule has 110 valence electrons. The van der Waals surface area contributed by atoms with Gasteiger partial charge >= 0.3 is 0 Å². The molecule has 0 spiro atoms. The molecule has 0 radical (unpaired) electrons. The fourth-order valence-electron chi connectivity index (χ4n) is 4.02. The van der Waals surface area contributed by atoms with Crippen molar-refractivity contribution in [2.75, 3.05) is 4.90 Å². The second-order valence-corrected chi connectivity index (χ2v) is 6.93.